The van der Waals surface area contributed by atoms with Gasteiger partial charge < -0.3 is 30.7 Å². The van der Waals surface area contributed by atoms with Gasteiger partial charge in [0, 0.05) is 54.6 Å². The minimum absolute atomic E-state index is 0.0225. The van der Waals surface area contributed by atoms with Crippen LogP contribution in [0.1, 0.15) is 86.5 Å². The van der Waals surface area contributed by atoms with Gasteiger partial charge in [0.25, 0.3) is 0 Å². The Morgan fingerprint density at radius 1 is 0.574 bits per heavy atom. The molecule has 0 saturated heterocycles. The number of carbonyl (C=O) groups is 4. The summed E-state index contributed by atoms with van der Waals surface area (Å²) in [6.45, 7) is 1.27. The monoisotopic (exact) mass is 1220 g/mol. The van der Waals surface area contributed by atoms with Crippen LogP contribution < -0.4 is 21.3 Å². The number of alkyl carbamates (subject to hydrolysis) is 2. The molecular formula is C50H60Br4N6O6S2. The molecule has 68 heavy (non-hydrogen) atoms. The summed E-state index contributed by atoms with van der Waals surface area (Å²) in [7, 11) is 6.81. The standard InChI is InChI=1S/C50H60Br4N6O6S2/c1-59(39-19-11-5-12-20-39)27-35-23-37(51)25-41(53)45(35)57-47(61)43(55-49(63)65-29-33-15-7-3-8-16-33)31-67-68-32-44(56-50(64)66-30-34-17-9-4-10-18-34)48(62)58-46-36(24-38(52)26-42(46)54)28-60(2)40-21-13-6-14-22-40/h3-4,7-10,15-18,23-26,39-40,43-44H,5-6,11-14,19-22,27-32H2,1-2H3,(H,55,63)(H,56,64)(H,57,61)(H,58,62)/t43-,44-/m0/s1. The first-order chi connectivity index (χ1) is 32.8. The Bertz CT molecular complexity index is 2130. The molecule has 4 aromatic carbocycles. The Morgan fingerprint density at radius 2 is 0.941 bits per heavy atom. The van der Waals surface area contributed by atoms with Crippen molar-refractivity contribution in [2.24, 2.45) is 0 Å². The molecule has 4 aromatic rings. The Hall–Kier alpha value is -3.10. The first kappa shape index (κ1) is 54.2. The molecule has 2 fully saturated rings. The van der Waals surface area contributed by atoms with Crippen molar-refractivity contribution in [2.75, 3.05) is 36.2 Å². The van der Waals surface area contributed by atoms with Crippen molar-refractivity contribution in [3.05, 3.63) is 125 Å². The van der Waals surface area contributed by atoms with E-state index in [-0.39, 0.29) is 24.7 Å². The maximum Gasteiger partial charge on any atom is 0.408 e. The van der Waals surface area contributed by atoms with Crippen LogP contribution in [0.4, 0.5) is 21.0 Å². The van der Waals surface area contributed by atoms with Crippen molar-refractivity contribution >= 4 is 121 Å². The molecule has 0 bridgehead atoms. The first-order valence-corrected chi connectivity index (χ1v) is 28.7. The van der Waals surface area contributed by atoms with E-state index in [1.165, 1.54) is 60.1 Å². The average Bonchev–Trinajstić information content (AvgIpc) is 3.33. The van der Waals surface area contributed by atoms with E-state index < -0.39 is 36.1 Å². The molecule has 2 aliphatic carbocycles. The number of anilines is 2. The molecule has 18 heteroatoms. The van der Waals surface area contributed by atoms with Gasteiger partial charge in [-0.2, -0.15) is 0 Å². The van der Waals surface area contributed by atoms with Gasteiger partial charge in [-0.05, 0) is 118 Å². The lowest BCUT2D eigenvalue weighted by molar-refractivity contribution is -0.118. The van der Waals surface area contributed by atoms with Crippen LogP contribution in [-0.4, -0.2) is 83.6 Å². The summed E-state index contributed by atoms with van der Waals surface area (Å²) in [5.41, 5.74) is 4.66. The summed E-state index contributed by atoms with van der Waals surface area (Å²) in [4.78, 5) is 60.0. The van der Waals surface area contributed by atoms with Crippen LogP contribution in [0.15, 0.2) is 103 Å². The predicted molar refractivity (Wildman–Crippen MR) is 290 cm³/mol. The Kier molecular flexibility index (Phi) is 22.4. The molecule has 6 rings (SSSR count). The molecule has 366 valence electrons. The quantitative estimate of drug-likeness (QED) is 0.0471. The van der Waals surface area contributed by atoms with Crippen LogP contribution in [-0.2, 0) is 45.4 Å². The second-order valence-electron chi connectivity index (χ2n) is 17.3. The number of amides is 4. The van der Waals surface area contributed by atoms with Gasteiger partial charge in [0.1, 0.15) is 25.3 Å². The smallest absolute Gasteiger partial charge is 0.408 e. The highest BCUT2D eigenvalue weighted by Crippen LogP contribution is 2.36. The molecular weight excluding hydrogens is 1160 g/mol. The van der Waals surface area contributed by atoms with E-state index in [0.717, 1.165) is 56.9 Å². The SMILES string of the molecule is CN(Cc1cc(Br)cc(Br)c1NC(=O)[C@H](CSSC[C@H](NC(=O)OCc1ccccc1)C(=O)Nc1c(Br)cc(Br)cc1CN(C)C1CCCCC1)NC(=O)OCc1ccccc1)C1CCCCC1. The Balaban J connectivity index is 1.17. The van der Waals surface area contributed by atoms with Gasteiger partial charge in [-0.25, -0.2) is 9.59 Å². The van der Waals surface area contributed by atoms with Gasteiger partial charge in [0.15, 0.2) is 0 Å². The molecule has 4 amide bonds. The zero-order valence-electron chi connectivity index (χ0n) is 38.4. The fraction of sp³-hybridized carbons (Fsp3) is 0.440. The van der Waals surface area contributed by atoms with Crippen molar-refractivity contribution in [2.45, 2.75) is 115 Å². The molecule has 0 aromatic heterocycles. The fourth-order valence-electron chi connectivity index (χ4n) is 8.46. The molecule has 0 unspecified atom stereocenters. The number of hydrogen-bond donors (Lipinski definition) is 4. The van der Waals surface area contributed by atoms with E-state index in [2.05, 4.69) is 109 Å². The summed E-state index contributed by atoms with van der Waals surface area (Å²) in [5.74, 6) is -0.680. The highest BCUT2D eigenvalue weighted by Gasteiger charge is 2.29. The normalized spacial score (nSPS) is 15.4. The minimum Gasteiger partial charge on any atom is -0.445 e. The van der Waals surface area contributed by atoms with Crippen molar-refractivity contribution in [1.82, 2.24) is 20.4 Å². The topological polar surface area (TPSA) is 141 Å². The molecule has 4 N–H and O–H groups in total. The lowest BCUT2D eigenvalue weighted by Crippen LogP contribution is -2.46. The fourth-order valence-corrected chi connectivity index (χ4v) is 13.6. The molecule has 2 aliphatic rings. The number of benzene rings is 4. The molecule has 0 spiro atoms. The van der Waals surface area contributed by atoms with E-state index in [0.29, 0.717) is 45.5 Å². The van der Waals surface area contributed by atoms with Crippen molar-refractivity contribution in [3.63, 3.8) is 0 Å². The van der Waals surface area contributed by atoms with Gasteiger partial charge in [-0.15, -0.1) is 0 Å². The summed E-state index contributed by atoms with van der Waals surface area (Å²) < 4.78 is 14.3. The third-order valence-corrected chi connectivity index (χ3v) is 16.8. The number of ether oxygens (including phenoxy) is 2. The molecule has 0 aliphatic heterocycles. The number of rotatable bonds is 21. The summed E-state index contributed by atoms with van der Waals surface area (Å²) in [5, 5.41) is 11.8. The number of halogens is 4. The lowest BCUT2D eigenvalue weighted by atomic mass is 9.94. The third kappa shape index (κ3) is 17.3. The lowest BCUT2D eigenvalue weighted by Gasteiger charge is -2.32. The highest BCUT2D eigenvalue weighted by molar-refractivity contribution is 9.11. The molecule has 0 radical (unpaired) electrons. The van der Waals surface area contributed by atoms with Crippen LogP contribution in [0.3, 0.4) is 0 Å². The van der Waals surface area contributed by atoms with E-state index in [1.54, 1.807) is 0 Å². The van der Waals surface area contributed by atoms with Crippen LogP contribution >= 0.6 is 85.3 Å². The van der Waals surface area contributed by atoms with E-state index in [1.807, 2.05) is 84.9 Å². The van der Waals surface area contributed by atoms with Gasteiger partial charge in [-0.1, -0.05) is 153 Å². The van der Waals surface area contributed by atoms with Crippen LogP contribution in [0.25, 0.3) is 0 Å². The Labute approximate surface area is 442 Å². The molecule has 12 nitrogen and oxygen atoms in total. The van der Waals surface area contributed by atoms with Crippen LogP contribution in [0, 0.1) is 0 Å². The van der Waals surface area contributed by atoms with Gasteiger partial charge in [0.2, 0.25) is 11.8 Å². The van der Waals surface area contributed by atoms with Crippen molar-refractivity contribution in [3.8, 4) is 0 Å². The zero-order valence-corrected chi connectivity index (χ0v) is 46.4. The summed E-state index contributed by atoms with van der Waals surface area (Å²) in [6.07, 6.45) is 10.3. The maximum absolute atomic E-state index is 14.3. The first-order valence-electron chi connectivity index (χ1n) is 23.0. The average molecular weight is 1220 g/mol. The largest absolute Gasteiger partial charge is 0.445 e. The van der Waals surface area contributed by atoms with E-state index >= 15 is 0 Å². The summed E-state index contributed by atoms with van der Waals surface area (Å²) in [6, 6.07) is 25.2. The number of hydrogen-bond acceptors (Lipinski definition) is 10. The summed E-state index contributed by atoms with van der Waals surface area (Å²) >= 11 is 14.7. The second kappa shape index (κ2) is 28.1. The Morgan fingerprint density at radius 3 is 1.31 bits per heavy atom. The number of nitrogens with one attached hydrogen (secondary N) is 4. The van der Waals surface area contributed by atoms with Crippen LogP contribution in [0.2, 0.25) is 0 Å². The van der Waals surface area contributed by atoms with E-state index in [9.17, 15) is 19.2 Å². The maximum atomic E-state index is 14.3. The third-order valence-electron chi connectivity index (χ3n) is 12.2. The van der Waals surface area contributed by atoms with E-state index in [4.69, 9.17) is 9.47 Å². The molecule has 0 heterocycles. The van der Waals surface area contributed by atoms with Gasteiger partial charge in [0.05, 0.1) is 11.4 Å². The second-order valence-corrected chi connectivity index (χ2v) is 23.4. The van der Waals surface area contributed by atoms with Gasteiger partial charge in [-0.3, -0.25) is 19.4 Å². The van der Waals surface area contributed by atoms with Crippen molar-refractivity contribution < 1.29 is 28.7 Å². The zero-order chi connectivity index (χ0) is 48.4. The number of nitrogens with zero attached hydrogens (tertiary/aromatic N) is 2. The minimum atomic E-state index is -1.05. The number of carbonyl (C=O) groups excluding carboxylic acids is 4. The molecule has 2 atom stereocenters. The highest BCUT2D eigenvalue weighted by atomic mass is 79.9. The molecule has 2 saturated carbocycles. The predicted octanol–water partition coefficient (Wildman–Crippen LogP) is 12.8. The van der Waals surface area contributed by atoms with Gasteiger partial charge >= 0.3 is 12.2 Å². The van der Waals surface area contributed by atoms with Crippen molar-refractivity contribution in [1.29, 1.82) is 0 Å². The van der Waals surface area contributed by atoms with Crippen LogP contribution in [0.5, 0.6) is 0 Å².